The Kier molecular flexibility index (Phi) is 6.20. The molecule has 0 spiro atoms. The molecule has 0 amide bonds. The van der Waals surface area contributed by atoms with Crippen LogP contribution in [0.5, 0.6) is 5.75 Å². The van der Waals surface area contributed by atoms with Crippen molar-refractivity contribution in [3.8, 4) is 5.75 Å². The Bertz CT molecular complexity index is 256. The number of aliphatic carboxylic acids is 1. The molecule has 0 bridgehead atoms. The molecule has 1 N–H and O–H groups in total. The molecule has 1 atom stereocenters. The van der Waals surface area contributed by atoms with Crippen molar-refractivity contribution in [1.29, 1.82) is 0 Å². The van der Waals surface area contributed by atoms with E-state index in [0.29, 0.717) is 5.75 Å². The Balaban J connectivity index is 0.000000791. The fourth-order valence-corrected chi connectivity index (χ4v) is 0.754. The number of ether oxygens (including phenoxy) is 1. The van der Waals surface area contributed by atoms with Crippen LogP contribution < -0.4 is 4.74 Å². The van der Waals surface area contributed by atoms with E-state index >= 15 is 0 Å². The first kappa shape index (κ1) is 12.5. The van der Waals surface area contributed by atoms with E-state index < -0.39 is 12.1 Å². The lowest BCUT2D eigenvalue weighted by Gasteiger charge is -2.09. The van der Waals surface area contributed by atoms with Crippen LogP contribution in [0.3, 0.4) is 0 Å². The molecule has 0 fully saturated rings. The van der Waals surface area contributed by atoms with Crippen molar-refractivity contribution >= 4 is 5.97 Å². The zero-order valence-corrected chi connectivity index (χ0v) is 8.73. The Morgan fingerprint density at radius 1 is 1.29 bits per heavy atom. The van der Waals surface area contributed by atoms with Crippen molar-refractivity contribution in [2.45, 2.75) is 26.9 Å². The summed E-state index contributed by atoms with van der Waals surface area (Å²) in [4.78, 5) is 10.4. The molecule has 1 aromatic carbocycles. The monoisotopic (exact) mass is 196 g/mol. The second-order valence-corrected chi connectivity index (χ2v) is 2.41. The zero-order chi connectivity index (χ0) is 11.0. The molecule has 1 rings (SSSR count). The third-order valence-corrected chi connectivity index (χ3v) is 1.40. The normalized spacial score (nSPS) is 10.8. The number of carbonyl (C=O) groups is 1. The van der Waals surface area contributed by atoms with Gasteiger partial charge in [0.05, 0.1) is 0 Å². The SMILES string of the molecule is CC.CC(Oc1ccccc1)C(=O)O. The van der Waals surface area contributed by atoms with E-state index in [1.165, 1.54) is 6.92 Å². The summed E-state index contributed by atoms with van der Waals surface area (Å²) >= 11 is 0. The van der Waals surface area contributed by atoms with Gasteiger partial charge in [-0.2, -0.15) is 0 Å². The third-order valence-electron chi connectivity index (χ3n) is 1.40. The van der Waals surface area contributed by atoms with Crippen molar-refractivity contribution in [3.05, 3.63) is 30.3 Å². The second-order valence-electron chi connectivity index (χ2n) is 2.41. The predicted molar refractivity (Wildman–Crippen MR) is 55.5 cm³/mol. The lowest BCUT2D eigenvalue weighted by molar-refractivity contribution is -0.144. The first-order chi connectivity index (χ1) is 6.70. The molecule has 0 aliphatic rings. The number of rotatable bonds is 3. The van der Waals surface area contributed by atoms with E-state index in [0.717, 1.165) is 0 Å². The van der Waals surface area contributed by atoms with Gasteiger partial charge in [0.25, 0.3) is 0 Å². The maximum absolute atomic E-state index is 10.4. The van der Waals surface area contributed by atoms with Gasteiger partial charge in [0.15, 0.2) is 6.10 Å². The molecule has 0 radical (unpaired) electrons. The van der Waals surface area contributed by atoms with Crippen LogP contribution in [-0.2, 0) is 4.79 Å². The predicted octanol–water partition coefficient (Wildman–Crippen LogP) is 2.56. The van der Waals surface area contributed by atoms with Gasteiger partial charge in [-0.15, -0.1) is 0 Å². The standard InChI is InChI=1S/C9H10O3.C2H6/c1-7(9(10)11)12-8-5-3-2-4-6-8;1-2/h2-7H,1H3,(H,10,11);1-2H3. The maximum Gasteiger partial charge on any atom is 0.344 e. The van der Waals surface area contributed by atoms with Gasteiger partial charge in [0.2, 0.25) is 0 Å². The number of benzene rings is 1. The van der Waals surface area contributed by atoms with Crippen molar-refractivity contribution in [2.75, 3.05) is 0 Å². The molecule has 14 heavy (non-hydrogen) atoms. The van der Waals surface area contributed by atoms with E-state index in [4.69, 9.17) is 9.84 Å². The second kappa shape index (κ2) is 6.95. The molecular formula is C11H16O3. The van der Waals surface area contributed by atoms with Gasteiger partial charge in [-0.25, -0.2) is 4.79 Å². The minimum atomic E-state index is -0.959. The summed E-state index contributed by atoms with van der Waals surface area (Å²) in [5.74, 6) is -0.383. The Hall–Kier alpha value is -1.51. The van der Waals surface area contributed by atoms with Crippen LogP contribution in [0.15, 0.2) is 30.3 Å². The third kappa shape index (κ3) is 4.50. The quantitative estimate of drug-likeness (QED) is 0.808. The molecule has 0 heterocycles. The topological polar surface area (TPSA) is 46.5 Å². The summed E-state index contributed by atoms with van der Waals surface area (Å²) < 4.78 is 5.08. The molecule has 1 unspecified atom stereocenters. The molecule has 3 heteroatoms. The van der Waals surface area contributed by atoms with Crippen LogP contribution in [0.4, 0.5) is 0 Å². The average Bonchev–Trinajstić information content (AvgIpc) is 2.22. The van der Waals surface area contributed by atoms with Gasteiger partial charge in [0.1, 0.15) is 5.75 Å². The van der Waals surface area contributed by atoms with E-state index in [1.54, 1.807) is 24.3 Å². The van der Waals surface area contributed by atoms with Crippen molar-refractivity contribution in [2.24, 2.45) is 0 Å². The summed E-state index contributed by atoms with van der Waals surface area (Å²) in [7, 11) is 0. The maximum atomic E-state index is 10.4. The van der Waals surface area contributed by atoms with Gasteiger partial charge in [-0.05, 0) is 19.1 Å². The van der Waals surface area contributed by atoms with Crippen molar-refractivity contribution < 1.29 is 14.6 Å². The minimum absolute atomic E-state index is 0.576. The number of carboxylic acids is 1. The Labute approximate surface area is 84.3 Å². The van der Waals surface area contributed by atoms with Crippen molar-refractivity contribution in [3.63, 3.8) is 0 Å². The largest absolute Gasteiger partial charge is 0.479 e. The fraction of sp³-hybridized carbons (Fsp3) is 0.364. The highest BCUT2D eigenvalue weighted by atomic mass is 16.5. The smallest absolute Gasteiger partial charge is 0.344 e. The first-order valence-corrected chi connectivity index (χ1v) is 4.64. The van der Waals surface area contributed by atoms with Crippen molar-refractivity contribution in [1.82, 2.24) is 0 Å². The van der Waals surface area contributed by atoms with Crippen LogP contribution in [-0.4, -0.2) is 17.2 Å². The highest BCUT2D eigenvalue weighted by Crippen LogP contribution is 2.10. The van der Waals surface area contributed by atoms with E-state index in [1.807, 2.05) is 19.9 Å². The molecule has 0 saturated carbocycles. The van der Waals surface area contributed by atoms with Crippen LogP contribution in [0.2, 0.25) is 0 Å². The first-order valence-electron chi connectivity index (χ1n) is 4.64. The Morgan fingerprint density at radius 3 is 2.21 bits per heavy atom. The van der Waals surface area contributed by atoms with E-state index in [9.17, 15) is 4.79 Å². The molecule has 3 nitrogen and oxygen atoms in total. The molecule has 78 valence electrons. The lowest BCUT2D eigenvalue weighted by atomic mass is 10.3. The Morgan fingerprint density at radius 2 is 1.79 bits per heavy atom. The summed E-state index contributed by atoms with van der Waals surface area (Å²) in [6.07, 6.45) is -0.799. The van der Waals surface area contributed by atoms with Crippen LogP contribution in [0.25, 0.3) is 0 Å². The van der Waals surface area contributed by atoms with Gasteiger partial charge >= 0.3 is 5.97 Å². The van der Waals surface area contributed by atoms with Gasteiger partial charge in [-0.1, -0.05) is 32.0 Å². The number of hydrogen-bond donors (Lipinski definition) is 1. The summed E-state index contributed by atoms with van der Waals surface area (Å²) in [5.41, 5.74) is 0. The average molecular weight is 196 g/mol. The molecule has 0 saturated heterocycles. The lowest BCUT2D eigenvalue weighted by Crippen LogP contribution is -2.22. The number of para-hydroxylation sites is 1. The number of carboxylic acid groups (broad SMARTS) is 1. The molecule has 0 aliphatic carbocycles. The summed E-state index contributed by atoms with van der Waals surface area (Å²) in [6.45, 7) is 5.50. The summed E-state index contributed by atoms with van der Waals surface area (Å²) in [5, 5.41) is 8.52. The van der Waals surface area contributed by atoms with Gasteiger partial charge in [-0.3, -0.25) is 0 Å². The van der Waals surface area contributed by atoms with Gasteiger partial charge < -0.3 is 9.84 Å². The summed E-state index contributed by atoms with van der Waals surface area (Å²) in [6, 6.07) is 8.88. The highest BCUT2D eigenvalue weighted by Gasteiger charge is 2.11. The molecule has 1 aromatic rings. The fourth-order valence-electron chi connectivity index (χ4n) is 0.754. The van der Waals surface area contributed by atoms with Crippen LogP contribution >= 0.6 is 0 Å². The van der Waals surface area contributed by atoms with Gasteiger partial charge in [0, 0.05) is 0 Å². The van der Waals surface area contributed by atoms with Crippen LogP contribution in [0.1, 0.15) is 20.8 Å². The zero-order valence-electron chi connectivity index (χ0n) is 8.73. The highest BCUT2D eigenvalue weighted by molar-refractivity contribution is 5.72. The van der Waals surface area contributed by atoms with E-state index in [2.05, 4.69) is 0 Å². The molecular weight excluding hydrogens is 180 g/mol. The van der Waals surface area contributed by atoms with E-state index in [-0.39, 0.29) is 0 Å². The minimum Gasteiger partial charge on any atom is -0.479 e. The van der Waals surface area contributed by atoms with Crippen LogP contribution in [0, 0.1) is 0 Å². The molecule has 0 aliphatic heterocycles. The molecule has 0 aromatic heterocycles. The number of hydrogen-bond acceptors (Lipinski definition) is 2.